The Bertz CT molecular complexity index is 1830. The second kappa shape index (κ2) is 12.6. The van der Waals surface area contributed by atoms with Crippen LogP contribution in [0.4, 0.5) is 0 Å². The molecule has 1 heterocycles. The van der Waals surface area contributed by atoms with Crippen LogP contribution in [0.5, 0.6) is 0 Å². The van der Waals surface area contributed by atoms with Crippen molar-refractivity contribution in [2.24, 2.45) is 10.8 Å². The van der Waals surface area contributed by atoms with Crippen molar-refractivity contribution in [2.75, 3.05) is 0 Å². The van der Waals surface area contributed by atoms with Crippen molar-refractivity contribution in [3.8, 4) is 0 Å². The van der Waals surface area contributed by atoms with Gasteiger partial charge in [0.15, 0.2) is 11.6 Å². The summed E-state index contributed by atoms with van der Waals surface area (Å²) in [6.45, 7) is 11.1. The van der Waals surface area contributed by atoms with Crippen LogP contribution in [0.1, 0.15) is 117 Å². The number of hydrogen-bond acceptors (Lipinski definition) is 4. The summed E-state index contributed by atoms with van der Waals surface area (Å²) in [6, 6.07) is 21.1. The molecule has 4 aromatic rings. The molecule has 245 valence electrons. The molecule has 3 aromatic carbocycles. The summed E-state index contributed by atoms with van der Waals surface area (Å²) in [7, 11) is 0. The first-order valence-corrected chi connectivity index (χ1v) is 17.0. The summed E-state index contributed by atoms with van der Waals surface area (Å²) in [5, 5.41) is 15.3. The van der Waals surface area contributed by atoms with Gasteiger partial charge in [-0.15, -0.1) is 23.6 Å². The van der Waals surface area contributed by atoms with Crippen molar-refractivity contribution in [3.05, 3.63) is 77.7 Å². The molecule has 0 atom stereocenters. The van der Waals surface area contributed by atoms with Crippen LogP contribution in [-0.4, -0.2) is 21.7 Å². The molecule has 3 aliphatic carbocycles. The molecule has 0 bridgehead atoms. The molecule has 0 unspecified atom stereocenters. The standard InChI is InChI=1S/C30H28NO.C11H20O2.Ir/c32-28-29(13-5-1-6-14-29)25-19-23-12-11-22-17-20-9-3-4-10-21(20)18-24(22)26(23)31-27(25)30(28)15-7-2-8-16-30;1-10(2,3)8(12)7-9(13)11(4,5)6;/h3-4,9-12,17,19H,1-2,5-8,13-16H2;7,12H,1-6H3;/q-1;;. The zero-order chi connectivity index (χ0) is 32.2. The summed E-state index contributed by atoms with van der Waals surface area (Å²) < 4.78 is 0. The first kappa shape index (κ1) is 34.5. The van der Waals surface area contributed by atoms with Crippen LogP contribution in [0.15, 0.2) is 60.4 Å². The van der Waals surface area contributed by atoms with Crippen LogP contribution in [0.3, 0.4) is 0 Å². The van der Waals surface area contributed by atoms with E-state index in [-0.39, 0.29) is 47.9 Å². The van der Waals surface area contributed by atoms with Gasteiger partial charge in [-0.25, -0.2) is 0 Å². The Hall–Kier alpha value is -2.88. The van der Waals surface area contributed by atoms with E-state index in [1.165, 1.54) is 35.3 Å². The molecular weight excluding hydrogens is 747 g/mol. The van der Waals surface area contributed by atoms with E-state index in [0.29, 0.717) is 5.78 Å². The summed E-state index contributed by atoms with van der Waals surface area (Å²) in [5.74, 6) is 0.619. The molecule has 2 spiro atoms. The molecule has 46 heavy (non-hydrogen) atoms. The van der Waals surface area contributed by atoms with Crippen molar-refractivity contribution in [2.45, 2.75) is 117 Å². The van der Waals surface area contributed by atoms with Gasteiger partial charge in [-0.2, -0.15) is 0 Å². The van der Waals surface area contributed by atoms with Crippen molar-refractivity contribution < 1.29 is 34.8 Å². The Kier molecular flexibility index (Phi) is 9.45. The fourth-order valence-corrected chi connectivity index (χ4v) is 7.79. The van der Waals surface area contributed by atoms with Crippen molar-refractivity contribution >= 4 is 44.0 Å². The number of fused-ring (bicyclic) bond motifs is 7. The molecule has 2 saturated carbocycles. The average molecular weight is 795 g/mol. The molecule has 5 heteroatoms. The van der Waals surface area contributed by atoms with Gasteiger partial charge in [0.1, 0.15) is 5.76 Å². The second-order valence-corrected chi connectivity index (χ2v) is 15.9. The maximum atomic E-state index is 14.3. The number of nitrogens with zero attached hydrogens (tertiary/aromatic N) is 1. The third kappa shape index (κ3) is 5.99. The fraction of sp³-hybridized carbons (Fsp3) is 0.488. The van der Waals surface area contributed by atoms with Gasteiger partial charge in [0.2, 0.25) is 0 Å². The van der Waals surface area contributed by atoms with Crippen molar-refractivity contribution in [1.82, 2.24) is 4.98 Å². The number of ketones is 2. The summed E-state index contributed by atoms with van der Waals surface area (Å²) in [5.41, 5.74) is 2.03. The molecule has 0 aliphatic heterocycles. The molecule has 1 N–H and O–H groups in total. The number of pyridine rings is 1. The molecule has 0 amide bonds. The van der Waals surface area contributed by atoms with E-state index in [9.17, 15) is 14.7 Å². The van der Waals surface area contributed by atoms with Gasteiger partial charge in [0.05, 0.1) is 10.8 Å². The van der Waals surface area contributed by atoms with E-state index < -0.39 is 5.41 Å². The Morgan fingerprint density at radius 3 is 1.98 bits per heavy atom. The number of carbonyl (C=O) groups excluding carboxylic acids is 2. The van der Waals surface area contributed by atoms with Gasteiger partial charge in [0.25, 0.3) is 0 Å². The topological polar surface area (TPSA) is 67.3 Å². The number of rotatable bonds is 1. The number of allylic oxidation sites excluding steroid dienone is 2. The quantitative estimate of drug-likeness (QED) is 0.0685. The van der Waals surface area contributed by atoms with Crippen molar-refractivity contribution in [1.29, 1.82) is 0 Å². The minimum Gasteiger partial charge on any atom is -0.512 e. The zero-order valence-corrected chi connectivity index (χ0v) is 30.7. The van der Waals surface area contributed by atoms with Gasteiger partial charge in [0, 0.05) is 48.2 Å². The van der Waals surface area contributed by atoms with Crippen LogP contribution in [0, 0.1) is 16.9 Å². The Morgan fingerprint density at radius 1 is 0.783 bits per heavy atom. The van der Waals surface area contributed by atoms with E-state index in [1.54, 1.807) is 0 Å². The Morgan fingerprint density at radius 2 is 1.37 bits per heavy atom. The molecular formula is C41H48IrNO3-. The first-order chi connectivity index (χ1) is 21.3. The number of benzene rings is 3. The van der Waals surface area contributed by atoms with E-state index in [2.05, 4.69) is 54.6 Å². The third-order valence-corrected chi connectivity index (χ3v) is 10.6. The minimum atomic E-state index is -0.417. The van der Waals surface area contributed by atoms with E-state index in [4.69, 9.17) is 4.98 Å². The average Bonchev–Trinajstić information content (AvgIpc) is 3.18. The van der Waals surface area contributed by atoms with E-state index >= 15 is 0 Å². The van der Waals surface area contributed by atoms with E-state index in [1.807, 2.05) is 41.5 Å². The van der Waals surface area contributed by atoms with Crippen LogP contribution < -0.4 is 0 Å². The molecule has 0 saturated heterocycles. The van der Waals surface area contributed by atoms with Gasteiger partial charge in [-0.1, -0.05) is 133 Å². The van der Waals surface area contributed by atoms with Crippen LogP contribution in [0.25, 0.3) is 32.4 Å². The van der Waals surface area contributed by atoms with Crippen LogP contribution in [0.2, 0.25) is 0 Å². The molecule has 4 nitrogen and oxygen atoms in total. The van der Waals surface area contributed by atoms with Gasteiger partial charge < -0.3 is 5.11 Å². The van der Waals surface area contributed by atoms with Gasteiger partial charge in [-0.05, 0) is 36.6 Å². The maximum Gasteiger partial charge on any atom is 0.164 e. The second-order valence-electron chi connectivity index (χ2n) is 15.9. The molecule has 3 aliphatic rings. The SMILES string of the molecule is CC(C)(C)C(=O)C=C(O)C(C)(C)C.O=C1C2(CCCCC2)c2cc3ccc4cc5ccccc5[c-]c4c3nc2C12CCCCC2.[Ir]. The van der Waals surface area contributed by atoms with Gasteiger partial charge in [-0.3, -0.25) is 14.6 Å². The molecule has 2 fully saturated rings. The van der Waals surface area contributed by atoms with E-state index in [0.717, 1.165) is 78.7 Å². The predicted octanol–water partition coefficient (Wildman–Crippen LogP) is 10.4. The monoisotopic (exact) mass is 795 g/mol. The fourth-order valence-electron chi connectivity index (χ4n) is 7.79. The predicted molar refractivity (Wildman–Crippen MR) is 185 cm³/mol. The number of hydrogen-bond donors (Lipinski definition) is 1. The molecule has 1 aromatic heterocycles. The normalized spacial score (nSPS) is 19.2. The summed E-state index contributed by atoms with van der Waals surface area (Å²) in [4.78, 5) is 31.2. The van der Waals surface area contributed by atoms with Crippen LogP contribution in [-0.2, 0) is 40.5 Å². The number of Topliss-reactive ketones (excluding diaryl/α,β-unsaturated/α-hetero) is 1. The maximum absolute atomic E-state index is 14.3. The largest absolute Gasteiger partial charge is 0.512 e. The summed E-state index contributed by atoms with van der Waals surface area (Å²) >= 11 is 0. The number of aliphatic hydroxyl groups excluding tert-OH is 1. The van der Waals surface area contributed by atoms with Crippen molar-refractivity contribution in [3.63, 3.8) is 0 Å². The smallest absolute Gasteiger partial charge is 0.164 e. The molecule has 7 rings (SSSR count). The zero-order valence-electron chi connectivity index (χ0n) is 28.3. The summed E-state index contributed by atoms with van der Waals surface area (Å²) in [6.07, 6.45) is 12.4. The number of aromatic nitrogens is 1. The molecule has 1 radical (unpaired) electrons. The van der Waals surface area contributed by atoms with Crippen LogP contribution >= 0.6 is 0 Å². The first-order valence-electron chi connectivity index (χ1n) is 17.0. The Balaban J connectivity index is 0.000000256. The third-order valence-electron chi connectivity index (χ3n) is 10.6. The Labute approximate surface area is 287 Å². The number of carbonyl (C=O) groups is 2. The van der Waals surface area contributed by atoms with Gasteiger partial charge >= 0.3 is 0 Å². The minimum absolute atomic E-state index is 0. The number of aliphatic hydroxyl groups is 1.